The zero-order chi connectivity index (χ0) is 13.0. The van der Waals surface area contributed by atoms with Crippen molar-refractivity contribution in [3.63, 3.8) is 0 Å². The van der Waals surface area contributed by atoms with E-state index in [4.69, 9.17) is 5.11 Å². The molecule has 0 unspecified atom stereocenters. The van der Waals surface area contributed by atoms with Gasteiger partial charge < -0.3 is 15.1 Å². The van der Waals surface area contributed by atoms with Gasteiger partial charge in [0, 0.05) is 25.2 Å². The number of nitro benzene ring substituents is 1. The van der Waals surface area contributed by atoms with Crippen LogP contribution < -0.4 is 0 Å². The first-order chi connectivity index (χ1) is 7.97. The third-order valence-electron chi connectivity index (χ3n) is 2.20. The van der Waals surface area contributed by atoms with Gasteiger partial charge in [-0.3, -0.25) is 14.9 Å². The highest BCUT2D eigenvalue weighted by molar-refractivity contribution is 5.94. The molecule has 0 bridgehead atoms. The summed E-state index contributed by atoms with van der Waals surface area (Å²) < 4.78 is 0. The van der Waals surface area contributed by atoms with Crippen molar-refractivity contribution in [1.82, 2.24) is 4.90 Å². The van der Waals surface area contributed by atoms with Crippen molar-refractivity contribution < 1.29 is 19.9 Å². The number of carbonyl (C=O) groups excluding carboxylic acids is 1. The largest absolute Gasteiger partial charge is 0.502 e. The van der Waals surface area contributed by atoms with Gasteiger partial charge in [0.15, 0.2) is 5.75 Å². The highest BCUT2D eigenvalue weighted by Crippen LogP contribution is 2.26. The maximum atomic E-state index is 11.7. The number of hydrogen-bond acceptors (Lipinski definition) is 5. The lowest BCUT2D eigenvalue weighted by Crippen LogP contribution is -2.29. The molecule has 0 saturated heterocycles. The molecule has 0 aliphatic rings. The predicted molar refractivity (Wildman–Crippen MR) is 58.8 cm³/mol. The first-order valence-electron chi connectivity index (χ1n) is 4.81. The van der Waals surface area contributed by atoms with E-state index in [0.29, 0.717) is 0 Å². The maximum Gasteiger partial charge on any atom is 0.310 e. The molecule has 0 saturated carbocycles. The molecule has 1 amide bonds. The Labute approximate surface area is 97.1 Å². The highest BCUT2D eigenvalue weighted by atomic mass is 16.6. The Morgan fingerprint density at radius 2 is 2.18 bits per heavy atom. The van der Waals surface area contributed by atoms with Crippen LogP contribution in [0.15, 0.2) is 18.2 Å². The van der Waals surface area contributed by atoms with Gasteiger partial charge in [-0.2, -0.15) is 0 Å². The van der Waals surface area contributed by atoms with Crippen LogP contribution in [0, 0.1) is 10.1 Å². The summed E-state index contributed by atoms with van der Waals surface area (Å²) in [6.07, 6.45) is 0. The molecule has 0 heterocycles. The van der Waals surface area contributed by atoms with Crippen molar-refractivity contribution in [1.29, 1.82) is 0 Å². The Hall–Kier alpha value is -2.15. The van der Waals surface area contributed by atoms with Crippen LogP contribution in [-0.2, 0) is 0 Å². The van der Waals surface area contributed by atoms with Crippen LogP contribution in [0.25, 0.3) is 0 Å². The Morgan fingerprint density at radius 1 is 1.53 bits per heavy atom. The third-order valence-corrected chi connectivity index (χ3v) is 2.20. The van der Waals surface area contributed by atoms with Crippen molar-refractivity contribution in [3.05, 3.63) is 33.9 Å². The van der Waals surface area contributed by atoms with Crippen molar-refractivity contribution in [2.75, 3.05) is 20.2 Å². The van der Waals surface area contributed by atoms with Gasteiger partial charge in [0.05, 0.1) is 11.5 Å². The molecule has 0 spiro atoms. The van der Waals surface area contributed by atoms with Gasteiger partial charge in [-0.25, -0.2) is 0 Å². The van der Waals surface area contributed by atoms with Gasteiger partial charge in [0.25, 0.3) is 5.91 Å². The van der Waals surface area contributed by atoms with Crippen molar-refractivity contribution in [2.45, 2.75) is 0 Å². The van der Waals surface area contributed by atoms with Crippen molar-refractivity contribution in [3.8, 4) is 5.75 Å². The lowest BCUT2D eigenvalue weighted by atomic mass is 10.1. The van der Waals surface area contributed by atoms with E-state index in [1.54, 1.807) is 0 Å². The quantitative estimate of drug-likeness (QED) is 0.584. The smallest absolute Gasteiger partial charge is 0.310 e. The van der Waals surface area contributed by atoms with Gasteiger partial charge in [-0.15, -0.1) is 0 Å². The molecule has 0 aliphatic carbocycles. The summed E-state index contributed by atoms with van der Waals surface area (Å²) in [5, 5.41) is 28.5. The number of phenolic OH excluding ortho intramolecular Hbond substituents is 1. The number of amides is 1. The van der Waals surface area contributed by atoms with E-state index in [1.807, 2.05) is 0 Å². The number of rotatable bonds is 4. The zero-order valence-corrected chi connectivity index (χ0v) is 9.16. The summed E-state index contributed by atoms with van der Waals surface area (Å²) in [4.78, 5) is 22.7. The molecule has 1 aromatic rings. The fraction of sp³-hybridized carbons (Fsp3) is 0.300. The lowest BCUT2D eigenvalue weighted by molar-refractivity contribution is -0.385. The van der Waals surface area contributed by atoms with E-state index in [2.05, 4.69) is 0 Å². The Kier molecular flexibility index (Phi) is 4.00. The van der Waals surface area contributed by atoms with E-state index < -0.39 is 22.3 Å². The summed E-state index contributed by atoms with van der Waals surface area (Å²) in [5.41, 5.74) is -0.324. The Bertz CT molecular complexity index is 446. The molecule has 1 aromatic carbocycles. The summed E-state index contributed by atoms with van der Waals surface area (Å²) in [7, 11) is 1.48. The SMILES string of the molecule is CN(CCO)C(=O)c1ccc([N+](=O)[O-])c(O)c1. The number of nitro groups is 1. The highest BCUT2D eigenvalue weighted by Gasteiger charge is 2.17. The summed E-state index contributed by atoms with van der Waals surface area (Å²) >= 11 is 0. The van der Waals surface area contributed by atoms with E-state index >= 15 is 0 Å². The van der Waals surface area contributed by atoms with Gasteiger partial charge in [-0.05, 0) is 12.1 Å². The molecule has 7 heteroatoms. The normalized spacial score (nSPS) is 10.0. The van der Waals surface area contributed by atoms with Gasteiger partial charge >= 0.3 is 5.69 Å². The monoisotopic (exact) mass is 240 g/mol. The number of hydrogen-bond donors (Lipinski definition) is 2. The molecule has 7 nitrogen and oxygen atoms in total. The zero-order valence-electron chi connectivity index (χ0n) is 9.16. The molecule has 0 atom stereocenters. The fourth-order valence-electron chi connectivity index (χ4n) is 1.28. The minimum atomic E-state index is -0.735. The number of carbonyl (C=O) groups is 1. The average molecular weight is 240 g/mol. The molecule has 92 valence electrons. The van der Waals surface area contributed by atoms with Crippen LogP contribution in [0.1, 0.15) is 10.4 Å². The van der Waals surface area contributed by atoms with E-state index in [0.717, 1.165) is 12.1 Å². The van der Waals surface area contributed by atoms with Crippen LogP contribution in [-0.4, -0.2) is 46.1 Å². The second-order valence-corrected chi connectivity index (χ2v) is 3.41. The number of aromatic hydroxyl groups is 1. The van der Waals surface area contributed by atoms with E-state index in [-0.39, 0.29) is 18.7 Å². The predicted octanol–water partition coefficient (Wildman–Crippen LogP) is 0.365. The van der Waals surface area contributed by atoms with E-state index in [9.17, 15) is 20.0 Å². The van der Waals surface area contributed by atoms with Crippen LogP contribution >= 0.6 is 0 Å². The van der Waals surface area contributed by atoms with Crippen LogP contribution in [0.3, 0.4) is 0 Å². The first kappa shape index (κ1) is 12.9. The number of benzene rings is 1. The van der Waals surface area contributed by atoms with Gasteiger partial charge in [0.1, 0.15) is 0 Å². The fourth-order valence-corrected chi connectivity index (χ4v) is 1.28. The molecule has 2 N–H and O–H groups in total. The Balaban J connectivity index is 2.97. The van der Waals surface area contributed by atoms with Crippen LogP contribution in [0.4, 0.5) is 5.69 Å². The lowest BCUT2D eigenvalue weighted by Gasteiger charge is -2.15. The second kappa shape index (κ2) is 5.26. The number of aliphatic hydroxyl groups is 1. The summed E-state index contributed by atoms with van der Waals surface area (Å²) in [6, 6.07) is 3.36. The molecule has 0 aromatic heterocycles. The van der Waals surface area contributed by atoms with Crippen molar-refractivity contribution in [2.24, 2.45) is 0 Å². The molecule has 0 radical (unpaired) electrons. The molecule has 0 aliphatic heterocycles. The summed E-state index contributed by atoms with van der Waals surface area (Å²) in [6.45, 7) is -0.0300. The van der Waals surface area contributed by atoms with Crippen LogP contribution in [0.2, 0.25) is 0 Å². The van der Waals surface area contributed by atoms with E-state index in [1.165, 1.54) is 18.0 Å². The molecule has 17 heavy (non-hydrogen) atoms. The van der Waals surface area contributed by atoms with Gasteiger partial charge in [-0.1, -0.05) is 0 Å². The second-order valence-electron chi connectivity index (χ2n) is 3.41. The van der Waals surface area contributed by atoms with Crippen LogP contribution in [0.5, 0.6) is 5.75 Å². The number of nitrogens with zero attached hydrogens (tertiary/aromatic N) is 2. The number of likely N-dealkylation sites (N-methyl/N-ethyl adjacent to an activating group) is 1. The topological polar surface area (TPSA) is 104 Å². The van der Waals surface area contributed by atoms with Crippen molar-refractivity contribution >= 4 is 11.6 Å². The minimum absolute atomic E-state index is 0.129. The van der Waals surface area contributed by atoms with Gasteiger partial charge in [0.2, 0.25) is 0 Å². The number of aliphatic hydroxyl groups excluding tert-OH is 1. The minimum Gasteiger partial charge on any atom is -0.502 e. The maximum absolute atomic E-state index is 11.7. The third kappa shape index (κ3) is 2.91. The Morgan fingerprint density at radius 3 is 2.65 bits per heavy atom. The molecular formula is C10H12N2O5. The molecule has 1 rings (SSSR count). The molecular weight excluding hydrogens is 228 g/mol. The average Bonchev–Trinajstić information content (AvgIpc) is 2.27. The summed E-state index contributed by atoms with van der Waals surface area (Å²) in [5.74, 6) is -0.984. The molecule has 0 fully saturated rings. The first-order valence-corrected chi connectivity index (χ1v) is 4.81. The standard InChI is InChI=1S/C10H12N2O5/c1-11(4-5-13)10(15)7-2-3-8(12(16)17)9(14)6-7/h2-3,6,13-14H,4-5H2,1H3. The number of phenols is 1.